The van der Waals surface area contributed by atoms with E-state index in [4.69, 9.17) is 9.84 Å². The number of carboxylic acid groups (broad SMARTS) is 1. The quantitative estimate of drug-likeness (QED) is 0.324. The molecule has 1 aliphatic heterocycles. The number of fused-ring (bicyclic) bond motifs is 3. The second kappa shape index (κ2) is 10.2. The molecule has 15 heteroatoms. The number of carbonyl (C=O) groups is 3. The first-order valence-electron chi connectivity index (χ1n) is 11.9. The van der Waals surface area contributed by atoms with Gasteiger partial charge in [0.1, 0.15) is 18.0 Å². The number of ketones is 1. The van der Waals surface area contributed by atoms with E-state index in [0.717, 1.165) is 18.3 Å². The molecule has 1 amide bonds. The number of amides is 1. The first kappa shape index (κ1) is 28.0. The number of aromatic nitrogens is 2. The Labute approximate surface area is 227 Å². The van der Waals surface area contributed by atoms with Crippen molar-refractivity contribution >= 4 is 23.5 Å². The number of Topliss-reactive ketones (excluding diaryl/α,β-unsaturated/α-hetero) is 1. The van der Waals surface area contributed by atoms with Gasteiger partial charge >= 0.3 is 12.1 Å². The zero-order valence-electron chi connectivity index (χ0n) is 20.6. The standard InChI is InChI=1S/C26H19F5N4O6/c27-25(28)15-5-11(1-3-13(15)14-4-2-12(24(39)40)6-16(14)25)23(38)33-7-18-22(37)21(36)17(10-41-18)34-20-9-32-8-19(35-20)26(29,30)31/h1-6,8-9,17-18,21,36H,7,10H2,(H,33,38)(H,34,35)(H,39,40)/t17-,18+,21+/m0/s1. The number of hydrogen-bond donors (Lipinski definition) is 4. The molecular formula is C26H19F5N4O6. The number of anilines is 1. The Balaban J connectivity index is 1.23. The molecule has 0 unspecified atom stereocenters. The Morgan fingerprint density at radius 3 is 2.32 bits per heavy atom. The average molecular weight is 578 g/mol. The lowest BCUT2D eigenvalue weighted by Gasteiger charge is -2.32. The van der Waals surface area contributed by atoms with Gasteiger partial charge in [0.15, 0.2) is 11.5 Å². The van der Waals surface area contributed by atoms with Crippen LogP contribution < -0.4 is 10.6 Å². The minimum atomic E-state index is -4.76. The number of hydrogen-bond acceptors (Lipinski definition) is 8. The highest BCUT2D eigenvalue weighted by molar-refractivity contribution is 5.97. The summed E-state index contributed by atoms with van der Waals surface area (Å²) in [5.41, 5.74) is -2.48. The van der Waals surface area contributed by atoms with Gasteiger partial charge in [0.2, 0.25) is 0 Å². The summed E-state index contributed by atoms with van der Waals surface area (Å²) in [6, 6.07) is 5.78. The molecule has 0 saturated carbocycles. The highest BCUT2D eigenvalue weighted by atomic mass is 19.4. The number of carbonyl (C=O) groups excluding carboxylic acids is 2. The van der Waals surface area contributed by atoms with E-state index in [1.165, 1.54) is 24.3 Å². The molecule has 0 bridgehead atoms. The van der Waals surface area contributed by atoms with Crippen molar-refractivity contribution < 1.29 is 51.3 Å². The largest absolute Gasteiger partial charge is 0.478 e. The van der Waals surface area contributed by atoms with E-state index in [1.54, 1.807) is 0 Å². The van der Waals surface area contributed by atoms with Crippen molar-refractivity contribution in [3.8, 4) is 11.1 Å². The number of rotatable bonds is 6. The van der Waals surface area contributed by atoms with Crippen molar-refractivity contribution in [2.75, 3.05) is 18.5 Å². The summed E-state index contributed by atoms with van der Waals surface area (Å²) >= 11 is 0. The van der Waals surface area contributed by atoms with Crippen molar-refractivity contribution in [1.29, 1.82) is 0 Å². The minimum Gasteiger partial charge on any atom is -0.478 e. The Morgan fingerprint density at radius 1 is 1.05 bits per heavy atom. The first-order valence-corrected chi connectivity index (χ1v) is 11.9. The summed E-state index contributed by atoms with van der Waals surface area (Å²) < 4.78 is 74.3. The Kier molecular flexibility index (Phi) is 6.95. The summed E-state index contributed by atoms with van der Waals surface area (Å²) in [7, 11) is 0. The normalized spacial score (nSPS) is 21.1. The van der Waals surface area contributed by atoms with Crippen molar-refractivity contribution in [2.24, 2.45) is 0 Å². The molecule has 3 aromatic rings. The minimum absolute atomic E-state index is 0.136. The van der Waals surface area contributed by atoms with Crippen LogP contribution in [0.2, 0.25) is 0 Å². The number of ether oxygens (including phenoxy) is 1. The second-order valence-electron chi connectivity index (χ2n) is 9.32. The van der Waals surface area contributed by atoms with Gasteiger partial charge in [-0.1, -0.05) is 12.1 Å². The van der Waals surface area contributed by atoms with Crippen LogP contribution in [-0.2, 0) is 21.6 Å². The molecule has 0 spiro atoms. The Hall–Kier alpha value is -4.50. The molecule has 1 saturated heterocycles. The third-order valence-corrected chi connectivity index (χ3v) is 6.69. The second-order valence-corrected chi connectivity index (χ2v) is 9.32. The maximum Gasteiger partial charge on any atom is 0.434 e. The Morgan fingerprint density at radius 2 is 1.68 bits per heavy atom. The summed E-state index contributed by atoms with van der Waals surface area (Å²) in [6.07, 6.45) is -6.32. The van der Waals surface area contributed by atoms with Crippen LogP contribution in [0.25, 0.3) is 11.1 Å². The van der Waals surface area contributed by atoms with Crippen LogP contribution in [0.5, 0.6) is 0 Å². The van der Waals surface area contributed by atoms with E-state index in [1.807, 2.05) is 0 Å². The fraction of sp³-hybridized carbons (Fsp3) is 0.269. The molecule has 5 rings (SSSR count). The highest BCUT2D eigenvalue weighted by Gasteiger charge is 2.45. The van der Waals surface area contributed by atoms with Gasteiger partial charge < -0.3 is 25.6 Å². The third kappa shape index (κ3) is 5.20. The van der Waals surface area contributed by atoms with Crippen molar-refractivity contribution in [3.05, 3.63) is 76.7 Å². The van der Waals surface area contributed by atoms with Gasteiger partial charge in [-0.05, 0) is 35.4 Å². The smallest absolute Gasteiger partial charge is 0.434 e. The first-order chi connectivity index (χ1) is 19.3. The molecule has 1 aromatic heterocycles. The van der Waals surface area contributed by atoms with Gasteiger partial charge in [0.25, 0.3) is 11.8 Å². The van der Waals surface area contributed by atoms with Crippen LogP contribution in [-0.4, -0.2) is 69.2 Å². The predicted molar refractivity (Wildman–Crippen MR) is 129 cm³/mol. The molecule has 214 valence electrons. The number of aromatic carboxylic acids is 1. The van der Waals surface area contributed by atoms with Crippen LogP contribution in [0, 0.1) is 0 Å². The van der Waals surface area contributed by atoms with Gasteiger partial charge in [0.05, 0.1) is 37.2 Å². The van der Waals surface area contributed by atoms with Crippen LogP contribution in [0.4, 0.5) is 27.8 Å². The molecule has 41 heavy (non-hydrogen) atoms. The summed E-state index contributed by atoms with van der Waals surface area (Å²) in [5.74, 6) is -6.97. The summed E-state index contributed by atoms with van der Waals surface area (Å²) in [6.45, 7) is -0.770. The van der Waals surface area contributed by atoms with E-state index in [2.05, 4.69) is 20.6 Å². The van der Waals surface area contributed by atoms with E-state index < -0.39 is 71.4 Å². The van der Waals surface area contributed by atoms with Crippen molar-refractivity contribution in [2.45, 2.75) is 30.3 Å². The van der Waals surface area contributed by atoms with E-state index in [0.29, 0.717) is 6.20 Å². The predicted octanol–water partition coefficient (Wildman–Crippen LogP) is 2.85. The van der Waals surface area contributed by atoms with Crippen LogP contribution in [0.15, 0.2) is 48.8 Å². The fourth-order valence-corrected chi connectivity index (χ4v) is 4.61. The number of nitrogens with zero attached hydrogens (tertiary/aromatic N) is 2. The lowest BCUT2D eigenvalue weighted by Crippen LogP contribution is -2.56. The molecule has 2 aliphatic rings. The van der Waals surface area contributed by atoms with Crippen LogP contribution in [0.3, 0.4) is 0 Å². The summed E-state index contributed by atoms with van der Waals surface area (Å²) in [5, 5.41) is 24.4. The number of carboxylic acids is 1. The zero-order valence-corrected chi connectivity index (χ0v) is 20.6. The topological polar surface area (TPSA) is 151 Å². The van der Waals surface area contributed by atoms with Gasteiger partial charge in [-0.2, -0.15) is 22.0 Å². The lowest BCUT2D eigenvalue weighted by atomic mass is 9.99. The number of aliphatic hydroxyl groups is 1. The van der Waals surface area contributed by atoms with Gasteiger partial charge in [-0.25, -0.2) is 9.78 Å². The maximum atomic E-state index is 15.2. The van der Waals surface area contributed by atoms with Crippen molar-refractivity contribution in [3.63, 3.8) is 0 Å². The fourth-order valence-electron chi connectivity index (χ4n) is 4.61. The number of nitrogens with one attached hydrogen (secondary N) is 2. The molecule has 1 aliphatic carbocycles. The van der Waals surface area contributed by atoms with E-state index in [9.17, 15) is 32.7 Å². The Bertz CT molecular complexity index is 1560. The molecule has 0 radical (unpaired) electrons. The number of halogens is 5. The molecule has 10 nitrogen and oxygen atoms in total. The highest BCUT2D eigenvalue weighted by Crippen LogP contribution is 2.51. The van der Waals surface area contributed by atoms with Gasteiger partial charge in [-0.15, -0.1) is 0 Å². The van der Waals surface area contributed by atoms with E-state index >= 15 is 8.78 Å². The molecule has 2 aromatic carbocycles. The third-order valence-electron chi connectivity index (χ3n) is 6.69. The molecule has 2 heterocycles. The van der Waals surface area contributed by atoms with Gasteiger partial charge in [-0.3, -0.25) is 14.6 Å². The van der Waals surface area contributed by atoms with Crippen molar-refractivity contribution in [1.82, 2.24) is 15.3 Å². The molecular weight excluding hydrogens is 559 g/mol. The van der Waals surface area contributed by atoms with Crippen LogP contribution >= 0.6 is 0 Å². The monoisotopic (exact) mass is 578 g/mol. The van der Waals surface area contributed by atoms with Gasteiger partial charge in [0, 0.05) is 16.7 Å². The van der Waals surface area contributed by atoms with E-state index in [-0.39, 0.29) is 34.7 Å². The molecule has 3 atom stereocenters. The lowest BCUT2D eigenvalue weighted by molar-refractivity contribution is -0.148. The molecule has 1 fully saturated rings. The maximum absolute atomic E-state index is 15.2. The zero-order chi connectivity index (χ0) is 29.7. The summed E-state index contributed by atoms with van der Waals surface area (Å²) in [4.78, 5) is 43.4. The number of benzene rings is 2. The molecule has 4 N–H and O–H groups in total. The number of aliphatic hydroxyl groups excluding tert-OH is 1. The number of alkyl halides is 5. The average Bonchev–Trinajstić information content (AvgIpc) is 3.16. The SMILES string of the molecule is O=C(O)c1ccc2c(c1)C(F)(F)c1cc(C(=O)NC[C@H]3OC[C@H](Nc4cncc(C(F)(F)F)n4)[C@@H](O)C3=O)ccc1-2. The van der Waals surface area contributed by atoms with Crippen LogP contribution in [0.1, 0.15) is 37.5 Å².